The molecule has 6 nitrogen and oxygen atoms in total. The number of rotatable bonds is 8. The van der Waals surface area contributed by atoms with E-state index in [4.69, 9.17) is 9.47 Å². The Kier molecular flexibility index (Phi) is 5.57. The molecule has 0 unspecified atom stereocenters. The van der Waals surface area contributed by atoms with Crippen LogP contribution in [0.3, 0.4) is 0 Å². The first kappa shape index (κ1) is 15.3. The summed E-state index contributed by atoms with van der Waals surface area (Å²) in [4.78, 5) is 4.16. The van der Waals surface area contributed by atoms with E-state index in [2.05, 4.69) is 22.3 Å². The summed E-state index contributed by atoms with van der Waals surface area (Å²) >= 11 is 0. The molecule has 1 aromatic carbocycles. The highest BCUT2D eigenvalue weighted by molar-refractivity contribution is 5.46. The molecule has 6 heteroatoms. The molecule has 0 radical (unpaired) electrons. The Bertz CT molecular complexity index is 569. The third-order valence-corrected chi connectivity index (χ3v) is 3.17. The summed E-state index contributed by atoms with van der Waals surface area (Å²) in [5, 5.41) is 7.42. The maximum Gasteiger partial charge on any atom is 0.166 e. The van der Waals surface area contributed by atoms with Gasteiger partial charge in [-0.05, 0) is 19.0 Å². The van der Waals surface area contributed by atoms with Crippen molar-refractivity contribution in [2.75, 3.05) is 13.7 Å². The maximum absolute atomic E-state index is 5.93. The van der Waals surface area contributed by atoms with Crippen molar-refractivity contribution in [2.24, 2.45) is 7.05 Å². The number of benzene rings is 1. The molecular formula is C15H22N4O2. The zero-order valence-electron chi connectivity index (χ0n) is 12.8. The molecule has 0 aliphatic rings. The molecule has 114 valence electrons. The van der Waals surface area contributed by atoms with Gasteiger partial charge in [0.2, 0.25) is 0 Å². The minimum atomic E-state index is 0.359. The molecule has 0 spiro atoms. The van der Waals surface area contributed by atoms with Gasteiger partial charge in [-0.15, -0.1) is 0 Å². The van der Waals surface area contributed by atoms with Gasteiger partial charge in [0.05, 0.1) is 7.11 Å². The van der Waals surface area contributed by atoms with E-state index in [0.29, 0.717) is 6.61 Å². The number of hydrogen-bond acceptors (Lipinski definition) is 5. The van der Waals surface area contributed by atoms with Gasteiger partial charge in [-0.1, -0.05) is 19.1 Å². The number of ether oxygens (including phenoxy) is 2. The van der Waals surface area contributed by atoms with E-state index in [1.165, 1.54) is 6.33 Å². The average Bonchev–Trinajstić information content (AvgIpc) is 2.91. The largest absolute Gasteiger partial charge is 0.493 e. The lowest BCUT2D eigenvalue weighted by Gasteiger charge is -2.15. The van der Waals surface area contributed by atoms with Gasteiger partial charge in [0, 0.05) is 19.2 Å². The number of para-hydroxylation sites is 1. The van der Waals surface area contributed by atoms with Crippen molar-refractivity contribution < 1.29 is 9.47 Å². The predicted molar refractivity (Wildman–Crippen MR) is 80.3 cm³/mol. The zero-order chi connectivity index (χ0) is 15.1. The minimum absolute atomic E-state index is 0.359. The normalized spacial score (nSPS) is 10.6. The van der Waals surface area contributed by atoms with Gasteiger partial charge in [-0.25, -0.2) is 4.98 Å². The summed E-state index contributed by atoms with van der Waals surface area (Å²) in [6.07, 6.45) is 2.61. The summed E-state index contributed by atoms with van der Waals surface area (Å²) in [5.41, 5.74) is 1.07. The van der Waals surface area contributed by atoms with Crippen molar-refractivity contribution >= 4 is 0 Å². The van der Waals surface area contributed by atoms with Crippen LogP contribution in [0.4, 0.5) is 0 Å². The fourth-order valence-corrected chi connectivity index (χ4v) is 2.01. The van der Waals surface area contributed by atoms with Crippen LogP contribution in [0.5, 0.6) is 11.5 Å². The molecule has 1 heterocycles. The number of hydrogen-bond donors (Lipinski definition) is 1. The molecule has 21 heavy (non-hydrogen) atoms. The van der Waals surface area contributed by atoms with E-state index in [0.717, 1.165) is 42.4 Å². The quantitative estimate of drug-likeness (QED) is 0.752. The van der Waals surface area contributed by atoms with Crippen LogP contribution in [0.1, 0.15) is 24.7 Å². The Balaban J connectivity index is 2.12. The Hall–Kier alpha value is -2.08. The summed E-state index contributed by atoms with van der Waals surface area (Å²) in [6.45, 7) is 4.22. The van der Waals surface area contributed by atoms with Crippen LogP contribution in [0.2, 0.25) is 0 Å². The maximum atomic E-state index is 5.93. The van der Waals surface area contributed by atoms with E-state index in [9.17, 15) is 0 Å². The van der Waals surface area contributed by atoms with Crippen molar-refractivity contribution in [1.29, 1.82) is 0 Å². The van der Waals surface area contributed by atoms with Crippen LogP contribution in [-0.2, 0) is 20.2 Å². The standard InChI is InChI=1S/C15H22N4O2/c1-4-8-16-9-12-6-5-7-13(20-3)15(12)21-10-14-17-11-18-19(14)2/h5-7,11,16H,4,8-10H2,1-3H3. The van der Waals surface area contributed by atoms with E-state index in [1.54, 1.807) is 11.8 Å². The fraction of sp³-hybridized carbons (Fsp3) is 0.467. The smallest absolute Gasteiger partial charge is 0.166 e. The van der Waals surface area contributed by atoms with Gasteiger partial charge in [0.25, 0.3) is 0 Å². The first-order chi connectivity index (χ1) is 10.3. The van der Waals surface area contributed by atoms with E-state index >= 15 is 0 Å². The topological polar surface area (TPSA) is 61.2 Å². The van der Waals surface area contributed by atoms with Crippen molar-refractivity contribution in [3.8, 4) is 11.5 Å². The molecule has 2 aromatic rings. The fourth-order valence-electron chi connectivity index (χ4n) is 2.01. The number of methoxy groups -OCH3 is 1. The average molecular weight is 290 g/mol. The second-order valence-electron chi connectivity index (χ2n) is 4.71. The van der Waals surface area contributed by atoms with Gasteiger partial charge in [-0.2, -0.15) is 5.10 Å². The highest BCUT2D eigenvalue weighted by Gasteiger charge is 2.12. The summed E-state index contributed by atoms with van der Waals surface area (Å²) in [6, 6.07) is 5.91. The highest BCUT2D eigenvalue weighted by Crippen LogP contribution is 2.31. The zero-order valence-corrected chi connectivity index (χ0v) is 12.8. The van der Waals surface area contributed by atoms with Crippen LogP contribution in [-0.4, -0.2) is 28.4 Å². The van der Waals surface area contributed by atoms with Gasteiger partial charge >= 0.3 is 0 Å². The molecule has 0 amide bonds. The monoisotopic (exact) mass is 290 g/mol. The van der Waals surface area contributed by atoms with E-state index in [-0.39, 0.29) is 0 Å². The predicted octanol–water partition coefficient (Wildman–Crippen LogP) is 1.90. The third-order valence-electron chi connectivity index (χ3n) is 3.17. The van der Waals surface area contributed by atoms with Gasteiger partial charge < -0.3 is 14.8 Å². The molecule has 0 saturated heterocycles. The molecule has 0 fully saturated rings. The van der Waals surface area contributed by atoms with Crippen LogP contribution < -0.4 is 14.8 Å². The first-order valence-corrected chi connectivity index (χ1v) is 7.08. The lowest BCUT2D eigenvalue weighted by atomic mass is 10.2. The highest BCUT2D eigenvalue weighted by atomic mass is 16.5. The lowest BCUT2D eigenvalue weighted by molar-refractivity contribution is 0.268. The van der Waals surface area contributed by atoms with Crippen molar-refractivity contribution in [3.05, 3.63) is 35.9 Å². The molecule has 1 aromatic heterocycles. The Labute approximate surface area is 125 Å². The van der Waals surface area contributed by atoms with Crippen LogP contribution in [0.25, 0.3) is 0 Å². The summed E-state index contributed by atoms with van der Waals surface area (Å²) < 4.78 is 13.0. The van der Waals surface area contributed by atoms with Crippen molar-refractivity contribution in [2.45, 2.75) is 26.5 Å². The Morgan fingerprint density at radius 1 is 1.33 bits per heavy atom. The van der Waals surface area contributed by atoms with Crippen molar-refractivity contribution in [1.82, 2.24) is 20.1 Å². The first-order valence-electron chi connectivity index (χ1n) is 7.08. The molecule has 1 N–H and O–H groups in total. The summed E-state index contributed by atoms with van der Waals surface area (Å²) in [7, 11) is 3.49. The molecule has 0 bridgehead atoms. The minimum Gasteiger partial charge on any atom is -0.493 e. The van der Waals surface area contributed by atoms with E-state index < -0.39 is 0 Å². The van der Waals surface area contributed by atoms with Crippen LogP contribution in [0, 0.1) is 0 Å². The number of nitrogens with one attached hydrogen (secondary N) is 1. The van der Waals surface area contributed by atoms with Gasteiger partial charge in [-0.3, -0.25) is 4.68 Å². The number of aromatic nitrogens is 3. The van der Waals surface area contributed by atoms with Crippen LogP contribution in [0.15, 0.2) is 24.5 Å². The Morgan fingerprint density at radius 3 is 2.86 bits per heavy atom. The number of aryl methyl sites for hydroxylation is 1. The second kappa shape index (κ2) is 7.64. The molecule has 0 aliphatic carbocycles. The lowest BCUT2D eigenvalue weighted by Crippen LogP contribution is -2.15. The Morgan fingerprint density at radius 2 is 2.19 bits per heavy atom. The van der Waals surface area contributed by atoms with Gasteiger partial charge in [0.15, 0.2) is 17.3 Å². The molecular weight excluding hydrogens is 268 g/mol. The second-order valence-corrected chi connectivity index (χ2v) is 4.71. The molecule has 2 rings (SSSR count). The van der Waals surface area contributed by atoms with E-state index in [1.807, 2.05) is 25.2 Å². The summed E-state index contributed by atoms with van der Waals surface area (Å²) in [5.74, 6) is 2.26. The SMILES string of the molecule is CCCNCc1cccc(OC)c1OCc1ncnn1C. The number of nitrogens with zero attached hydrogens (tertiary/aromatic N) is 3. The van der Waals surface area contributed by atoms with Crippen molar-refractivity contribution in [3.63, 3.8) is 0 Å². The third kappa shape index (κ3) is 3.95. The molecule has 0 atom stereocenters. The molecule has 0 aliphatic heterocycles. The molecule has 0 saturated carbocycles. The van der Waals surface area contributed by atoms with Crippen LogP contribution >= 0.6 is 0 Å². The van der Waals surface area contributed by atoms with Gasteiger partial charge in [0.1, 0.15) is 12.9 Å².